The van der Waals surface area contributed by atoms with Gasteiger partial charge in [-0.15, -0.1) is 0 Å². The van der Waals surface area contributed by atoms with E-state index < -0.39 is 0 Å². The Bertz CT molecular complexity index is 2470. The predicted octanol–water partition coefficient (Wildman–Crippen LogP) is 13.7. The summed E-state index contributed by atoms with van der Waals surface area (Å²) < 4.78 is 4.87. The van der Waals surface area contributed by atoms with Crippen LogP contribution in [0.5, 0.6) is 0 Å². The molecule has 0 fully saturated rings. The number of nitrogens with zero attached hydrogens (tertiary/aromatic N) is 2. The van der Waals surface area contributed by atoms with Gasteiger partial charge in [-0.05, 0) is 71.5 Å². The van der Waals surface area contributed by atoms with Crippen LogP contribution in [0.3, 0.4) is 0 Å². The van der Waals surface area contributed by atoms with Crippen molar-refractivity contribution in [1.29, 1.82) is 0 Å². The van der Waals surface area contributed by atoms with Gasteiger partial charge in [0.2, 0.25) is 0 Å². The van der Waals surface area contributed by atoms with E-state index in [0.717, 1.165) is 6.67 Å². The van der Waals surface area contributed by atoms with Crippen LogP contribution in [-0.2, 0) is 6.67 Å². The van der Waals surface area contributed by atoms with E-state index in [1.807, 2.05) is 12.1 Å². The normalized spacial score (nSPS) is 10.9. The van der Waals surface area contributed by atoms with Gasteiger partial charge in [0.1, 0.15) is 6.67 Å². The lowest BCUT2D eigenvalue weighted by Gasteiger charge is -2.12. The summed E-state index contributed by atoms with van der Waals surface area (Å²) in [5, 5.41) is 5.26. The fourth-order valence-electron chi connectivity index (χ4n) is 7.48. The Morgan fingerprint density at radius 1 is 0.283 bits per heavy atom. The second-order valence-electron chi connectivity index (χ2n) is 13.4. The van der Waals surface area contributed by atoms with Crippen LogP contribution in [-0.4, -0.2) is 9.13 Å². The molecule has 10 aromatic rings. The largest absolute Gasteiger partial charge is 0.322 e. The Labute approximate surface area is 311 Å². The zero-order chi connectivity index (χ0) is 36.0. The van der Waals surface area contributed by atoms with E-state index in [2.05, 4.69) is 217 Å². The predicted molar refractivity (Wildman–Crippen MR) is 228 cm³/mol. The van der Waals surface area contributed by atoms with Crippen LogP contribution in [0.4, 0.5) is 0 Å². The molecule has 0 unspecified atom stereocenters. The molecule has 0 aliphatic heterocycles. The second kappa shape index (κ2) is 15.3. The Morgan fingerprint density at radius 3 is 0.868 bits per heavy atom. The van der Waals surface area contributed by atoms with E-state index in [-0.39, 0.29) is 0 Å². The molecule has 0 bridgehead atoms. The highest BCUT2D eigenvalue weighted by atomic mass is 15.2. The highest BCUT2D eigenvalue weighted by Crippen LogP contribution is 2.33. The molecule has 2 heteroatoms. The number of benzene rings is 8. The second-order valence-corrected chi connectivity index (χ2v) is 13.4. The number of aromatic nitrogens is 2. The van der Waals surface area contributed by atoms with Crippen molar-refractivity contribution >= 4 is 43.6 Å². The molecule has 0 aliphatic carbocycles. The summed E-state index contributed by atoms with van der Waals surface area (Å²) in [6.45, 7) is 5.08. The van der Waals surface area contributed by atoms with E-state index in [9.17, 15) is 0 Å². The van der Waals surface area contributed by atoms with Gasteiger partial charge in [-0.25, -0.2) is 0 Å². The van der Waals surface area contributed by atoms with Gasteiger partial charge in [-0.2, -0.15) is 0 Å². The van der Waals surface area contributed by atoms with E-state index in [1.165, 1.54) is 77.0 Å². The van der Waals surface area contributed by atoms with Crippen LogP contribution >= 0.6 is 0 Å². The lowest BCUT2D eigenvalue weighted by atomic mass is 10.0. The molecule has 256 valence electrons. The van der Waals surface area contributed by atoms with Crippen LogP contribution in [0, 0.1) is 13.8 Å². The first-order valence-corrected chi connectivity index (χ1v) is 18.3. The number of aryl methyl sites for hydroxylation is 2. The van der Waals surface area contributed by atoms with Crippen LogP contribution in [0.15, 0.2) is 206 Å². The first-order valence-electron chi connectivity index (χ1n) is 18.3. The van der Waals surface area contributed by atoms with Crippen molar-refractivity contribution in [3.63, 3.8) is 0 Å². The Balaban J connectivity index is 0.000000129. The minimum atomic E-state index is 0.794. The number of para-hydroxylation sites is 4. The summed E-state index contributed by atoms with van der Waals surface area (Å²) >= 11 is 0. The van der Waals surface area contributed by atoms with E-state index in [1.54, 1.807) is 0 Å². The fraction of sp³-hybridized carbons (Fsp3) is 0.0588. The summed E-state index contributed by atoms with van der Waals surface area (Å²) in [5.41, 5.74) is 13.0. The minimum Gasteiger partial charge on any atom is -0.322 e. The van der Waals surface area contributed by atoms with E-state index in [0.29, 0.717) is 0 Å². The molecule has 0 aliphatic rings. The molecule has 2 aromatic heterocycles. The minimum absolute atomic E-state index is 0.794. The van der Waals surface area contributed by atoms with E-state index in [4.69, 9.17) is 0 Å². The molecule has 8 aromatic carbocycles. The summed E-state index contributed by atoms with van der Waals surface area (Å²) in [7, 11) is 0. The summed E-state index contributed by atoms with van der Waals surface area (Å²) in [6, 6.07) is 72.6. The van der Waals surface area contributed by atoms with Crippen LogP contribution in [0.25, 0.3) is 65.9 Å². The fourth-order valence-corrected chi connectivity index (χ4v) is 7.48. The van der Waals surface area contributed by atoms with Crippen molar-refractivity contribution in [3.05, 3.63) is 217 Å². The highest BCUT2D eigenvalue weighted by molar-refractivity contribution is 6.09. The first kappa shape index (κ1) is 33.5. The number of rotatable bonds is 4. The molecule has 0 atom stereocenters. The maximum Gasteiger partial charge on any atom is 0.100 e. The maximum atomic E-state index is 2.43. The maximum absolute atomic E-state index is 2.43. The third-order valence-electron chi connectivity index (χ3n) is 10.1. The standard InChI is InChI=1S/C25H18N2.2C13H12/c1-5-13-22-18(9-1)19-10-2-6-14-23(19)26(22)17-27-24-15-7-3-11-20(24)21-12-4-8-16-25(21)27;2*1-11-7-5-6-10-13(11)12-8-3-2-4-9-12/h1-16H,17H2;2*2-10H,1H3. The molecular weight excluding hydrogens is 641 g/mol. The van der Waals surface area contributed by atoms with Crippen molar-refractivity contribution in [2.24, 2.45) is 0 Å². The third-order valence-corrected chi connectivity index (χ3v) is 10.1. The van der Waals surface area contributed by atoms with Crippen molar-refractivity contribution < 1.29 is 0 Å². The van der Waals surface area contributed by atoms with Crippen LogP contribution in [0.1, 0.15) is 11.1 Å². The number of hydrogen-bond acceptors (Lipinski definition) is 0. The molecule has 10 rings (SSSR count). The van der Waals surface area contributed by atoms with Crippen molar-refractivity contribution in [2.75, 3.05) is 0 Å². The highest BCUT2D eigenvalue weighted by Gasteiger charge is 2.14. The molecule has 2 nitrogen and oxygen atoms in total. The zero-order valence-electron chi connectivity index (χ0n) is 30.2. The molecule has 0 saturated carbocycles. The van der Waals surface area contributed by atoms with Gasteiger partial charge >= 0.3 is 0 Å². The Hall–Kier alpha value is -6.64. The smallest absolute Gasteiger partial charge is 0.100 e. The van der Waals surface area contributed by atoms with Crippen molar-refractivity contribution in [2.45, 2.75) is 20.5 Å². The quantitative estimate of drug-likeness (QED) is 0.175. The first-order chi connectivity index (χ1) is 26.2. The van der Waals surface area contributed by atoms with Gasteiger partial charge in [-0.3, -0.25) is 0 Å². The van der Waals surface area contributed by atoms with Crippen LogP contribution < -0.4 is 0 Å². The van der Waals surface area contributed by atoms with Gasteiger partial charge in [0.25, 0.3) is 0 Å². The summed E-state index contributed by atoms with van der Waals surface area (Å²) in [6.07, 6.45) is 0. The van der Waals surface area contributed by atoms with Gasteiger partial charge in [0, 0.05) is 21.5 Å². The van der Waals surface area contributed by atoms with Gasteiger partial charge in [0.05, 0.1) is 22.1 Å². The molecule has 0 amide bonds. The SMILES string of the molecule is Cc1ccccc1-c1ccccc1.Cc1ccccc1-c1ccccc1.c1ccc2c(c1)c1ccccc1n2Cn1c2ccccc2c2ccccc21. The molecule has 0 N–H and O–H groups in total. The summed E-state index contributed by atoms with van der Waals surface area (Å²) in [4.78, 5) is 0. The third kappa shape index (κ3) is 6.88. The topological polar surface area (TPSA) is 9.86 Å². The lowest BCUT2D eigenvalue weighted by molar-refractivity contribution is 0.682. The van der Waals surface area contributed by atoms with Crippen molar-refractivity contribution in [3.8, 4) is 22.3 Å². The molecule has 2 heterocycles. The molecule has 53 heavy (non-hydrogen) atoms. The molecule has 0 saturated heterocycles. The van der Waals surface area contributed by atoms with Gasteiger partial charge in [0.15, 0.2) is 0 Å². The van der Waals surface area contributed by atoms with Gasteiger partial charge < -0.3 is 9.13 Å². The number of hydrogen-bond donors (Lipinski definition) is 0. The lowest BCUT2D eigenvalue weighted by Crippen LogP contribution is -2.07. The monoisotopic (exact) mass is 682 g/mol. The molecular formula is C51H42N2. The zero-order valence-corrected chi connectivity index (χ0v) is 30.2. The summed E-state index contributed by atoms with van der Waals surface area (Å²) in [5.74, 6) is 0. The van der Waals surface area contributed by atoms with Crippen LogP contribution in [0.2, 0.25) is 0 Å². The van der Waals surface area contributed by atoms with E-state index >= 15 is 0 Å². The number of fused-ring (bicyclic) bond motifs is 6. The average molecular weight is 683 g/mol. The molecule has 0 radical (unpaired) electrons. The average Bonchev–Trinajstić information content (AvgIpc) is 3.72. The van der Waals surface area contributed by atoms with Crippen molar-refractivity contribution in [1.82, 2.24) is 9.13 Å². The molecule has 0 spiro atoms. The van der Waals surface area contributed by atoms with Gasteiger partial charge in [-0.1, -0.05) is 182 Å². The Morgan fingerprint density at radius 2 is 0.547 bits per heavy atom. The Kier molecular flexibility index (Phi) is 9.68.